The van der Waals surface area contributed by atoms with E-state index in [9.17, 15) is 22.8 Å². The molecular weight excluding hydrogens is 375 g/mol. The largest absolute Gasteiger partial charge is 0.573 e. The average Bonchev–Trinajstić information content (AvgIpc) is 3.11. The topological polar surface area (TPSA) is 75.6 Å². The Labute approximate surface area is 158 Å². The summed E-state index contributed by atoms with van der Waals surface area (Å²) in [5, 5.41) is 11.8. The van der Waals surface area contributed by atoms with Gasteiger partial charge in [0.2, 0.25) is 0 Å². The lowest BCUT2D eigenvalue weighted by atomic mass is 10.0. The standard InChI is InChI=1S/C20H16F3NO4/c21-20(22,23)28-15-4-1-3-13(11-15)12-7-9-14(10-8-12)24-18(25)16-5-2-6-17(16)19(26)27/h1,3-4,7-11H,2,5-6H2,(H,24,25)(H,26,27). The highest BCUT2D eigenvalue weighted by Gasteiger charge is 2.31. The van der Waals surface area contributed by atoms with E-state index in [4.69, 9.17) is 5.11 Å². The first kappa shape index (κ1) is 19.5. The molecule has 0 heterocycles. The van der Waals surface area contributed by atoms with Crippen molar-refractivity contribution in [2.75, 3.05) is 5.32 Å². The lowest BCUT2D eigenvalue weighted by molar-refractivity contribution is -0.274. The molecule has 28 heavy (non-hydrogen) atoms. The molecular formula is C20H16F3NO4. The van der Waals surface area contributed by atoms with Crippen LogP contribution >= 0.6 is 0 Å². The highest BCUT2D eigenvalue weighted by Crippen LogP contribution is 2.30. The third-order valence-electron chi connectivity index (χ3n) is 4.29. The maximum absolute atomic E-state index is 12.4. The van der Waals surface area contributed by atoms with Crippen molar-refractivity contribution in [1.29, 1.82) is 0 Å². The SMILES string of the molecule is O=C(O)C1=C(C(=O)Nc2ccc(-c3cccc(OC(F)(F)F)c3)cc2)CCC1. The fraction of sp³-hybridized carbons (Fsp3) is 0.200. The number of carbonyl (C=O) groups is 2. The minimum atomic E-state index is -4.77. The van der Waals surface area contributed by atoms with E-state index >= 15 is 0 Å². The van der Waals surface area contributed by atoms with Crippen LogP contribution < -0.4 is 10.1 Å². The van der Waals surface area contributed by atoms with Crippen molar-refractivity contribution < 1.29 is 32.6 Å². The van der Waals surface area contributed by atoms with Gasteiger partial charge in [-0.2, -0.15) is 0 Å². The molecule has 1 aliphatic carbocycles. The number of alkyl halides is 3. The Bertz CT molecular complexity index is 933. The van der Waals surface area contributed by atoms with E-state index in [0.717, 1.165) is 0 Å². The Morgan fingerprint density at radius 3 is 2.29 bits per heavy atom. The monoisotopic (exact) mass is 391 g/mol. The minimum Gasteiger partial charge on any atom is -0.478 e. The summed E-state index contributed by atoms with van der Waals surface area (Å²) in [5.74, 6) is -1.86. The second-order valence-electron chi connectivity index (χ2n) is 6.22. The van der Waals surface area contributed by atoms with Gasteiger partial charge in [-0.3, -0.25) is 4.79 Å². The average molecular weight is 391 g/mol. The maximum atomic E-state index is 12.4. The molecule has 0 aliphatic heterocycles. The molecule has 0 saturated carbocycles. The van der Waals surface area contributed by atoms with Gasteiger partial charge in [0.25, 0.3) is 5.91 Å². The van der Waals surface area contributed by atoms with Gasteiger partial charge < -0.3 is 15.2 Å². The van der Waals surface area contributed by atoms with Crippen LogP contribution in [0.4, 0.5) is 18.9 Å². The van der Waals surface area contributed by atoms with Crippen LogP contribution in [0.25, 0.3) is 11.1 Å². The summed E-state index contributed by atoms with van der Waals surface area (Å²) in [7, 11) is 0. The molecule has 2 aromatic rings. The summed E-state index contributed by atoms with van der Waals surface area (Å²) >= 11 is 0. The number of amides is 1. The van der Waals surface area contributed by atoms with Gasteiger partial charge in [-0.05, 0) is 54.7 Å². The van der Waals surface area contributed by atoms with Crippen molar-refractivity contribution in [1.82, 2.24) is 0 Å². The summed E-state index contributed by atoms with van der Waals surface area (Å²) < 4.78 is 41.0. The summed E-state index contributed by atoms with van der Waals surface area (Å²) in [6.07, 6.45) is -3.36. The number of rotatable bonds is 5. The fourth-order valence-corrected chi connectivity index (χ4v) is 3.06. The Balaban J connectivity index is 1.74. The molecule has 0 aromatic heterocycles. The zero-order valence-electron chi connectivity index (χ0n) is 14.5. The highest BCUT2D eigenvalue weighted by molar-refractivity contribution is 6.09. The summed E-state index contributed by atoms with van der Waals surface area (Å²) in [4.78, 5) is 23.5. The normalized spacial score (nSPS) is 14.1. The van der Waals surface area contributed by atoms with Crippen LogP contribution in [0.5, 0.6) is 5.75 Å². The van der Waals surface area contributed by atoms with Crippen molar-refractivity contribution in [3.63, 3.8) is 0 Å². The van der Waals surface area contributed by atoms with E-state index in [1.807, 2.05) is 0 Å². The number of aliphatic carboxylic acids is 1. The van der Waals surface area contributed by atoms with Gasteiger partial charge in [0.1, 0.15) is 5.75 Å². The van der Waals surface area contributed by atoms with E-state index in [1.165, 1.54) is 18.2 Å². The number of carbonyl (C=O) groups excluding carboxylic acids is 1. The molecule has 0 radical (unpaired) electrons. The number of hydrogen-bond acceptors (Lipinski definition) is 3. The molecule has 8 heteroatoms. The van der Waals surface area contributed by atoms with E-state index in [0.29, 0.717) is 36.1 Å². The van der Waals surface area contributed by atoms with Crippen LogP contribution in [0.3, 0.4) is 0 Å². The summed E-state index contributed by atoms with van der Waals surface area (Å²) in [6, 6.07) is 12.0. The number of benzene rings is 2. The molecule has 0 saturated heterocycles. The van der Waals surface area contributed by atoms with Crippen LogP contribution in [0.15, 0.2) is 59.7 Å². The van der Waals surface area contributed by atoms with Crippen LogP contribution in [-0.2, 0) is 9.59 Å². The van der Waals surface area contributed by atoms with Crippen LogP contribution in [0.2, 0.25) is 0 Å². The lowest BCUT2D eigenvalue weighted by Crippen LogP contribution is -2.17. The predicted octanol–water partition coefficient (Wildman–Crippen LogP) is 4.76. The van der Waals surface area contributed by atoms with Crippen molar-refractivity contribution in [2.24, 2.45) is 0 Å². The second-order valence-corrected chi connectivity index (χ2v) is 6.22. The molecule has 1 amide bonds. The molecule has 0 atom stereocenters. The van der Waals surface area contributed by atoms with Gasteiger partial charge in [0, 0.05) is 16.8 Å². The van der Waals surface area contributed by atoms with E-state index in [1.54, 1.807) is 30.3 Å². The lowest BCUT2D eigenvalue weighted by Gasteiger charge is -2.11. The number of carboxylic acids is 1. The Morgan fingerprint density at radius 1 is 0.964 bits per heavy atom. The Hall–Kier alpha value is -3.29. The Kier molecular flexibility index (Phi) is 5.39. The molecule has 2 N–H and O–H groups in total. The molecule has 1 aliphatic rings. The van der Waals surface area contributed by atoms with Gasteiger partial charge in [-0.25, -0.2) is 4.79 Å². The maximum Gasteiger partial charge on any atom is 0.573 e. The van der Waals surface area contributed by atoms with E-state index in [2.05, 4.69) is 10.1 Å². The zero-order valence-corrected chi connectivity index (χ0v) is 14.5. The molecule has 5 nitrogen and oxygen atoms in total. The van der Waals surface area contributed by atoms with Crippen LogP contribution in [-0.4, -0.2) is 23.3 Å². The third kappa shape index (κ3) is 4.70. The van der Waals surface area contributed by atoms with Crippen LogP contribution in [0, 0.1) is 0 Å². The summed E-state index contributed by atoms with van der Waals surface area (Å²) in [6.45, 7) is 0. The first-order valence-electron chi connectivity index (χ1n) is 8.46. The van der Waals surface area contributed by atoms with Gasteiger partial charge >= 0.3 is 12.3 Å². The molecule has 2 aromatic carbocycles. The zero-order chi connectivity index (χ0) is 20.3. The number of carboxylic acid groups (broad SMARTS) is 1. The molecule has 146 valence electrons. The number of hydrogen-bond donors (Lipinski definition) is 2. The van der Waals surface area contributed by atoms with Gasteiger partial charge in [-0.15, -0.1) is 13.2 Å². The molecule has 0 unspecified atom stereocenters. The van der Waals surface area contributed by atoms with E-state index in [-0.39, 0.29) is 16.9 Å². The number of nitrogens with one attached hydrogen (secondary N) is 1. The Morgan fingerprint density at radius 2 is 1.64 bits per heavy atom. The van der Waals surface area contributed by atoms with Crippen molar-refractivity contribution >= 4 is 17.6 Å². The predicted molar refractivity (Wildman–Crippen MR) is 95.7 cm³/mol. The first-order valence-corrected chi connectivity index (χ1v) is 8.46. The fourth-order valence-electron chi connectivity index (χ4n) is 3.06. The van der Waals surface area contributed by atoms with Gasteiger partial charge in [0.15, 0.2) is 0 Å². The van der Waals surface area contributed by atoms with Gasteiger partial charge in [0.05, 0.1) is 0 Å². The third-order valence-corrected chi connectivity index (χ3v) is 4.29. The molecule has 0 fully saturated rings. The molecule has 0 bridgehead atoms. The smallest absolute Gasteiger partial charge is 0.478 e. The highest BCUT2D eigenvalue weighted by atomic mass is 19.4. The molecule has 3 rings (SSSR count). The van der Waals surface area contributed by atoms with Gasteiger partial charge in [-0.1, -0.05) is 24.3 Å². The van der Waals surface area contributed by atoms with Crippen molar-refractivity contribution in [3.8, 4) is 16.9 Å². The van der Waals surface area contributed by atoms with Crippen LogP contribution in [0.1, 0.15) is 19.3 Å². The molecule has 0 spiro atoms. The van der Waals surface area contributed by atoms with E-state index < -0.39 is 18.2 Å². The minimum absolute atomic E-state index is 0.135. The second kappa shape index (κ2) is 7.75. The number of ether oxygens (including phenoxy) is 1. The van der Waals surface area contributed by atoms with Crippen molar-refractivity contribution in [2.45, 2.75) is 25.6 Å². The number of halogens is 3. The summed E-state index contributed by atoms with van der Waals surface area (Å²) in [5.41, 5.74) is 2.02. The van der Waals surface area contributed by atoms with Crippen molar-refractivity contribution in [3.05, 3.63) is 59.7 Å². The quantitative estimate of drug-likeness (QED) is 0.771. The number of anilines is 1. The first-order chi connectivity index (χ1) is 13.2.